The highest BCUT2D eigenvalue weighted by molar-refractivity contribution is 9.11. The minimum atomic E-state index is 0.679. The third-order valence-corrected chi connectivity index (χ3v) is 3.75. The maximum atomic E-state index is 5.27. The standard InChI is InChI=1S/C13H14Br2N2O2/c1-8-3-10(17-19-8)7-16-6-9-4-11(14)13(18-2)12(15)5-9/h3-5,16H,6-7H2,1-2H3. The van der Waals surface area contributed by atoms with Crippen molar-refractivity contribution in [2.45, 2.75) is 20.0 Å². The van der Waals surface area contributed by atoms with E-state index in [4.69, 9.17) is 9.26 Å². The van der Waals surface area contributed by atoms with Gasteiger partial charge in [0.1, 0.15) is 11.5 Å². The van der Waals surface area contributed by atoms with Crippen LogP contribution in [0.4, 0.5) is 0 Å². The SMILES string of the molecule is COc1c(Br)cc(CNCc2cc(C)on2)cc1Br. The van der Waals surface area contributed by atoms with Crippen LogP contribution in [0, 0.1) is 6.92 Å². The molecule has 0 saturated carbocycles. The second-order valence-corrected chi connectivity index (χ2v) is 5.83. The van der Waals surface area contributed by atoms with Crippen LogP contribution in [0.5, 0.6) is 5.75 Å². The number of benzene rings is 1. The zero-order valence-corrected chi connectivity index (χ0v) is 13.8. The van der Waals surface area contributed by atoms with E-state index in [1.165, 1.54) is 0 Å². The number of aromatic nitrogens is 1. The van der Waals surface area contributed by atoms with Gasteiger partial charge in [0.2, 0.25) is 0 Å². The fraction of sp³-hybridized carbons (Fsp3) is 0.308. The molecule has 0 spiro atoms. The molecule has 0 unspecified atom stereocenters. The van der Waals surface area contributed by atoms with Crippen molar-refractivity contribution < 1.29 is 9.26 Å². The van der Waals surface area contributed by atoms with Gasteiger partial charge in [0.25, 0.3) is 0 Å². The smallest absolute Gasteiger partial charge is 0.147 e. The Morgan fingerprint density at radius 1 is 1.21 bits per heavy atom. The molecule has 0 bridgehead atoms. The number of hydrogen-bond donors (Lipinski definition) is 1. The summed E-state index contributed by atoms with van der Waals surface area (Å²) in [4.78, 5) is 0. The summed E-state index contributed by atoms with van der Waals surface area (Å²) in [5, 5.41) is 7.25. The summed E-state index contributed by atoms with van der Waals surface area (Å²) < 4.78 is 12.1. The average Bonchev–Trinajstić information content (AvgIpc) is 2.75. The molecular weight excluding hydrogens is 376 g/mol. The van der Waals surface area contributed by atoms with Gasteiger partial charge in [-0.1, -0.05) is 5.16 Å². The molecule has 1 heterocycles. The van der Waals surface area contributed by atoms with Crippen LogP contribution in [0.25, 0.3) is 0 Å². The molecular formula is C13H14Br2N2O2. The van der Waals surface area contributed by atoms with Gasteiger partial charge in [0.15, 0.2) is 0 Å². The molecule has 0 atom stereocenters. The number of halogens is 2. The summed E-state index contributed by atoms with van der Waals surface area (Å²) in [6, 6.07) is 5.99. The van der Waals surface area contributed by atoms with Crippen LogP contribution >= 0.6 is 31.9 Å². The van der Waals surface area contributed by atoms with Gasteiger partial charge in [-0.2, -0.15) is 0 Å². The Morgan fingerprint density at radius 3 is 2.42 bits per heavy atom. The van der Waals surface area contributed by atoms with E-state index >= 15 is 0 Å². The lowest BCUT2D eigenvalue weighted by Crippen LogP contribution is -2.13. The van der Waals surface area contributed by atoms with Crippen molar-refractivity contribution in [3.8, 4) is 5.75 Å². The van der Waals surface area contributed by atoms with Crippen molar-refractivity contribution in [2.24, 2.45) is 0 Å². The molecule has 19 heavy (non-hydrogen) atoms. The number of methoxy groups -OCH3 is 1. The summed E-state index contributed by atoms with van der Waals surface area (Å²) in [5.41, 5.74) is 2.06. The van der Waals surface area contributed by atoms with Crippen LogP contribution in [0.2, 0.25) is 0 Å². The number of nitrogens with one attached hydrogen (secondary N) is 1. The number of hydrogen-bond acceptors (Lipinski definition) is 4. The van der Waals surface area contributed by atoms with Crippen LogP contribution in [-0.4, -0.2) is 12.3 Å². The van der Waals surface area contributed by atoms with Gasteiger partial charge in [-0.05, 0) is 56.5 Å². The van der Waals surface area contributed by atoms with E-state index in [0.717, 1.165) is 38.3 Å². The number of rotatable bonds is 5. The molecule has 0 radical (unpaired) electrons. The lowest BCUT2D eigenvalue weighted by atomic mass is 10.2. The van der Waals surface area contributed by atoms with Crippen molar-refractivity contribution in [1.29, 1.82) is 0 Å². The maximum Gasteiger partial charge on any atom is 0.147 e. The molecule has 0 amide bonds. The largest absolute Gasteiger partial charge is 0.494 e. The van der Waals surface area contributed by atoms with Crippen molar-refractivity contribution in [1.82, 2.24) is 10.5 Å². The second-order valence-electron chi connectivity index (χ2n) is 4.13. The van der Waals surface area contributed by atoms with Gasteiger partial charge >= 0.3 is 0 Å². The van der Waals surface area contributed by atoms with Crippen LogP contribution in [0.3, 0.4) is 0 Å². The van der Waals surface area contributed by atoms with Gasteiger partial charge in [-0.25, -0.2) is 0 Å². The quantitative estimate of drug-likeness (QED) is 0.844. The first-order valence-electron chi connectivity index (χ1n) is 5.75. The van der Waals surface area contributed by atoms with E-state index < -0.39 is 0 Å². The van der Waals surface area contributed by atoms with E-state index in [9.17, 15) is 0 Å². The van der Waals surface area contributed by atoms with Gasteiger partial charge in [-0.3, -0.25) is 0 Å². The molecule has 0 aliphatic rings. The molecule has 1 aromatic heterocycles. The molecule has 0 fully saturated rings. The van der Waals surface area contributed by atoms with Gasteiger partial charge in [0, 0.05) is 19.2 Å². The Kier molecular flexibility index (Phi) is 5.01. The minimum absolute atomic E-state index is 0.679. The Bertz CT molecular complexity index is 547. The maximum absolute atomic E-state index is 5.27. The van der Waals surface area contributed by atoms with Crippen LogP contribution in [0.15, 0.2) is 31.7 Å². The van der Waals surface area contributed by atoms with Gasteiger partial charge in [0.05, 0.1) is 21.7 Å². The van der Waals surface area contributed by atoms with E-state index in [0.29, 0.717) is 6.54 Å². The van der Waals surface area contributed by atoms with Crippen molar-refractivity contribution in [3.05, 3.63) is 44.2 Å². The first-order valence-corrected chi connectivity index (χ1v) is 7.33. The Balaban J connectivity index is 1.96. The molecule has 0 aliphatic heterocycles. The Hall–Kier alpha value is -0.850. The zero-order chi connectivity index (χ0) is 13.8. The predicted molar refractivity (Wildman–Crippen MR) is 80.2 cm³/mol. The van der Waals surface area contributed by atoms with Crippen molar-refractivity contribution in [3.63, 3.8) is 0 Å². The monoisotopic (exact) mass is 388 g/mol. The molecule has 1 aromatic carbocycles. The second kappa shape index (κ2) is 6.54. The number of nitrogens with zero attached hydrogens (tertiary/aromatic N) is 1. The molecule has 2 aromatic rings. The topological polar surface area (TPSA) is 47.3 Å². The summed E-state index contributed by atoms with van der Waals surface area (Å²) in [5.74, 6) is 1.63. The number of aryl methyl sites for hydroxylation is 1. The lowest BCUT2D eigenvalue weighted by Gasteiger charge is -2.09. The number of ether oxygens (including phenoxy) is 1. The highest BCUT2D eigenvalue weighted by atomic mass is 79.9. The van der Waals surface area contributed by atoms with Crippen molar-refractivity contribution >= 4 is 31.9 Å². The average molecular weight is 390 g/mol. The summed E-state index contributed by atoms with van der Waals surface area (Å²) in [6.45, 7) is 3.31. The molecule has 102 valence electrons. The van der Waals surface area contributed by atoms with E-state index in [1.54, 1.807) is 7.11 Å². The van der Waals surface area contributed by atoms with E-state index in [-0.39, 0.29) is 0 Å². The van der Waals surface area contributed by atoms with Gasteiger partial charge < -0.3 is 14.6 Å². The first kappa shape index (κ1) is 14.6. The molecule has 6 heteroatoms. The summed E-state index contributed by atoms with van der Waals surface area (Å²) in [7, 11) is 1.65. The Labute approximate surface area is 128 Å². The zero-order valence-electron chi connectivity index (χ0n) is 10.7. The molecule has 0 saturated heterocycles. The fourth-order valence-corrected chi connectivity index (χ4v) is 3.35. The van der Waals surface area contributed by atoms with Crippen LogP contribution < -0.4 is 10.1 Å². The highest BCUT2D eigenvalue weighted by Gasteiger charge is 2.08. The third-order valence-electron chi connectivity index (χ3n) is 2.57. The first-order chi connectivity index (χ1) is 9.10. The van der Waals surface area contributed by atoms with E-state index in [1.807, 2.05) is 25.1 Å². The molecule has 2 rings (SSSR count). The van der Waals surface area contributed by atoms with Crippen LogP contribution in [-0.2, 0) is 13.1 Å². The summed E-state index contributed by atoms with van der Waals surface area (Å²) in [6.07, 6.45) is 0. The van der Waals surface area contributed by atoms with Crippen LogP contribution in [0.1, 0.15) is 17.0 Å². The van der Waals surface area contributed by atoms with Gasteiger partial charge in [-0.15, -0.1) is 0 Å². The molecule has 4 nitrogen and oxygen atoms in total. The third kappa shape index (κ3) is 3.81. The fourth-order valence-electron chi connectivity index (χ4n) is 1.75. The highest BCUT2D eigenvalue weighted by Crippen LogP contribution is 2.34. The van der Waals surface area contributed by atoms with Crippen molar-refractivity contribution in [2.75, 3.05) is 7.11 Å². The van der Waals surface area contributed by atoms with E-state index in [2.05, 4.69) is 42.3 Å². The minimum Gasteiger partial charge on any atom is -0.494 e. The summed E-state index contributed by atoms with van der Waals surface area (Å²) >= 11 is 6.98. The molecule has 0 aliphatic carbocycles. The normalized spacial score (nSPS) is 10.7. The Morgan fingerprint density at radius 2 is 1.89 bits per heavy atom. The predicted octanol–water partition coefficient (Wildman–Crippen LogP) is 3.81. The lowest BCUT2D eigenvalue weighted by molar-refractivity contribution is 0.388. The molecule has 1 N–H and O–H groups in total.